The average Bonchev–Trinajstić information content (AvgIpc) is 4.01. The van der Waals surface area contributed by atoms with Crippen LogP contribution in [-0.2, 0) is 19.1 Å². The molecule has 0 radical (unpaired) electrons. The number of aryl methyl sites for hydroxylation is 2. The van der Waals surface area contributed by atoms with Crippen LogP contribution >= 0.6 is 56.0 Å². The van der Waals surface area contributed by atoms with Gasteiger partial charge in [0.2, 0.25) is 8.68 Å². The summed E-state index contributed by atoms with van der Waals surface area (Å²) in [6, 6.07) is 38.7. The molecule has 0 aliphatic heterocycles. The van der Waals surface area contributed by atoms with Gasteiger partial charge in [-0.3, -0.25) is 0 Å². The van der Waals surface area contributed by atoms with Gasteiger partial charge in [0.1, 0.15) is 21.4 Å². The van der Waals surface area contributed by atoms with Crippen LogP contribution in [0.3, 0.4) is 0 Å². The Balaban J connectivity index is 0.000000144. The van der Waals surface area contributed by atoms with Crippen molar-refractivity contribution in [3.05, 3.63) is 142 Å². The zero-order chi connectivity index (χ0) is 40.3. The van der Waals surface area contributed by atoms with Crippen LogP contribution in [-0.4, -0.2) is 36.8 Å². The van der Waals surface area contributed by atoms with Crippen molar-refractivity contribution < 1.29 is 16.8 Å². The first-order chi connectivity index (χ1) is 26.7. The number of nitrogens with zero attached hydrogens (tertiary/aromatic N) is 4. The summed E-state index contributed by atoms with van der Waals surface area (Å²) in [5, 5.41) is 6.10. The van der Waals surface area contributed by atoms with Crippen molar-refractivity contribution in [2.24, 2.45) is 5.14 Å². The lowest BCUT2D eigenvalue weighted by Crippen LogP contribution is -2.11. The molecule has 4 heterocycles. The minimum atomic E-state index is -3.79. The van der Waals surface area contributed by atoms with Gasteiger partial charge in [-0.1, -0.05) is 133 Å². The molecule has 0 spiro atoms. The predicted molar refractivity (Wildman–Crippen MR) is 233 cm³/mol. The summed E-state index contributed by atoms with van der Waals surface area (Å²) in [6.45, 7) is 3.92. The molecule has 0 fully saturated rings. The maximum atomic E-state index is 11.1. The molecular formula is C38H34ClN7O4S6. The largest absolute Gasteiger partial charge is 0.389 e. The summed E-state index contributed by atoms with van der Waals surface area (Å²) in [5.74, 6) is 0. The highest BCUT2D eigenvalue weighted by Crippen LogP contribution is 2.33. The topological polar surface area (TPSA) is 198 Å². The average molecular weight is 881 g/mol. The van der Waals surface area contributed by atoms with Gasteiger partial charge in [-0.2, -0.15) is 0 Å². The number of sulfonamides is 1. The number of halogens is 1. The lowest BCUT2D eigenvalue weighted by Gasteiger charge is -1.96. The fourth-order valence-electron chi connectivity index (χ4n) is 4.82. The first kappa shape index (κ1) is 42.3. The zero-order valence-electron chi connectivity index (χ0n) is 29.7. The second-order valence-corrected chi connectivity index (χ2v) is 20.0. The third-order valence-corrected chi connectivity index (χ3v) is 13.9. The lowest BCUT2D eigenvalue weighted by molar-refractivity contribution is 0.597. The van der Waals surface area contributed by atoms with Gasteiger partial charge in [0.05, 0.1) is 22.4 Å². The molecule has 0 atom stereocenters. The van der Waals surface area contributed by atoms with Gasteiger partial charge in [-0.05, 0) is 13.8 Å². The van der Waals surface area contributed by atoms with Gasteiger partial charge in [-0.15, -0.1) is 34.0 Å². The number of primary sulfonamides is 1. The fraction of sp³-hybridized carbons (Fsp3) is 0.0526. The van der Waals surface area contributed by atoms with Gasteiger partial charge in [0, 0.05) is 42.7 Å². The molecule has 18 heteroatoms. The molecule has 8 rings (SSSR count). The van der Waals surface area contributed by atoms with Crippen LogP contribution in [0.2, 0.25) is 0 Å². The van der Waals surface area contributed by atoms with Gasteiger partial charge in [-0.25, -0.2) is 41.9 Å². The van der Waals surface area contributed by atoms with Crippen molar-refractivity contribution in [2.45, 2.75) is 22.5 Å². The van der Waals surface area contributed by atoms with E-state index in [9.17, 15) is 16.8 Å². The quantitative estimate of drug-likeness (QED) is 0.135. The van der Waals surface area contributed by atoms with E-state index < -0.39 is 19.1 Å². The number of aromatic nitrogens is 4. The van der Waals surface area contributed by atoms with Crippen molar-refractivity contribution in [1.82, 2.24) is 19.9 Å². The molecule has 288 valence electrons. The van der Waals surface area contributed by atoms with Gasteiger partial charge in [0.25, 0.3) is 19.1 Å². The van der Waals surface area contributed by atoms with E-state index in [1.807, 2.05) is 109 Å². The van der Waals surface area contributed by atoms with Gasteiger partial charge < -0.3 is 11.5 Å². The van der Waals surface area contributed by atoms with Crippen molar-refractivity contribution in [1.29, 1.82) is 0 Å². The lowest BCUT2D eigenvalue weighted by atomic mass is 10.1. The Morgan fingerprint density at radius 1 is 0.500 bits per heavy atom. The Kier molecular flexibility index (Phi) is 14.6. The molecule has 4 aromatic heterocycles. The number of benzene rings is 4. The number of anilines is 2. The number of hydrogen-bond acceptors (Lipinski definition) is 14. The molecule has 0 bridgehead atoms. The van der Waals surface area contributed by atoms with Gasteiger partial charge in [0.15, 0.2) is 0 Å². The molecule has 8 aromatic rings. The zero-order valence-corrected chi connectivity index (χ0v) is 35.3. The Labute approximate surface area is 345 Å². The molecule has 4 aromatic carbocycles. The molecule has 11 nitrogen and oxygen atoms in total. The highest BCUT2D eigenvalue weighted by Gasteiger charge is 2.19. The van der Waals surface area contributed by atoms with Crippen LogP contribution in [0.5, 0.6) is 0 Å². The highest BCUT2D eigenvalue weighted by molar-refractivity contribution is 8.15. The Bertz CT molecular complexity index is 2500. The van der Waals surface area contributed by atoms with E-state index in [-0.39, 0.29) is 8.68 Å². The summed E-state index contributed by atoms with van der Waals surface area (Å²) >= 11 is 5.11. The number of rotatable bonds is 6. The second kappa shape index (κ2) is 19.3. The van der Waals surface area contributed by atoms with Crippen molar-refractivity contribution in [3.63, 3.8) is 0 Å². The van der Waals surface area contributed by atoms with Crippen molar-refractivity contribution in [3.8, 4) is 45.0 Å². The Morgan fingerprint density at radius 2 is 0.911 bits per heavy atom. The molecule has 6 N–H and O–H groups in total. The number of thiazole rings is 4. The Hall–Kier alpha value is -4.85. The highest BCUT2D eigenvalue weighted by atomic mass is 35.7. The fourth-order valence-corrected chi connectivity index (χ4v) is 9.53. The summed E-state index contributed by atoms with van der Waals surface area (Å²) in [4.78, 5) is 18.6. The van der Waals surface area contributed by atoms with E-state index in [2.05, 4.69) is 39.0 Å². The molecule has 0 aliphatic rings. The number of hydrogen-bond donors (Lipinski definition) is 3. The third kappa shape index (κ3) is 11.6. The summed E-state index contributed by atoms with van der Waals surface area (Å²) in [7, 11) is -2.27. The van der Waals surface area contributed by atoms with Crippen LogP contribution in [0.15, 0.2) is 141 Å². The van der Waals surface area contributed by atoms with Crippen LogP contribution in [0.25, 0.3) is 45.0 Å². The summed E-state index contributed by atoms with van der Waals surface area (Å²) in [5.41, 5.74) is 22.2. The van der Waals surface area contributed by atoms with E-state index in [4.69, 9.17) is 27.3 Å². The molecule has 0 aliphatic carbocycles. The van der Waals surface area contributed by atoms with Crippen molar-refractivity contribution >= 4 is 85.1 Å². The molecule has 0 saturated heterocycles. The van der Waals surface area contributed by atoms with Crippen LogP contribution in [0.4, 0.5) is 10.0 Å². The molecule has 0 amide bonds. The molecule has 56 heavy (non-hydrogen) atoms. The summed E-state index contributed by atoms with van der Waals surface area (Å²) in [6.07, 6.45) is 0. The smallest absolute Gasteiger partial charge is 0.288 e. The third-order valence-electron chi connectivity index (χ3n) is 7.39. The Morgan fingerprint density at radius 3 is 1.29 bits per heavy atom. The second-order valence-electron chi connectivity index (χ2n) is 11.3. The van der Waals surface area contributed by atoms with E-state index in [0.717, 1.165) is 60.6 Å². The van der Waals surface area contributed by atoms with Crippen LogP contribution < -0.4 is 16.6 Å². The maximum Gasteiger partial charge on any atom is 0.288 e. The molecular weight excluding hydrogens is 846 g/mol. The molecule has 0 unspecified atom stereocenters. The minimum Gasteiger partial charge on any atom is -0.389 e. The predicted octanol–water partition coefficient (Wildman–Crippen LogP) is 9.60. The van der Waals surface area contributed by atoms with Crippen molar-refractivity contribution in [2.75, 3.05) is 11.5 Å². The first-order valence-corrected chi connectivity index (χ1v) is 23.5. The number of nitrogen functional groups attached to an aromatic ring is 2. The SMILES string of the molecule is Cc1sc(S(=O)(=O)Cl)nc1-c1ccccc1.Cc1scnc1-c1ccccc1.Nc1sc(S(N)(=O)=O)nc1-c1ccccc1.Nc1scnc1-c1ccccc1. The van der Waals surface area contributed by atoms with E-state index in [0.29, 0.717) is 16.4 Å². The van der Waals surface area contributed by atoms with E-state index in [1.165, 1.54) is 21.8 Å². The van der Waals surface area contributed by atoms with Crippen LogP contribution in [0.1, 0.15) is 9.75 Å². The monoisotopic (exact) mass is 879 g/mol. The van der Waals surface area contributed by atoms with Crippen LogP contribution in [0, 0.1) is 13.8 Å². The standard InChI is InChI=1S/C10H8ClNO2S2.C10H9NS.C9H9N3O2S2.C9H8N2S/c1-7-9(8-5-3-2-4-6-8)12-10(15-7)16(11,13)14;1-8-10(11-7-12-8)9-5-3-2-4-6-9;10-8-7(6-4-2-1-3-5-6)12-9(15-8)16(11,13)14;10-9-8(11-6-12-9)7-4-2-1-3-5-7/h2-6H,1H3;2-7H,1H3;1-5H,10H2,(H2,11,13,14);1-6H,10H2. The molecule has 0 saturated carbocycles. The van der Waals surface area contributed by atoms with E-state index in [1.54, 1.807) is 29.0 Å². The normalized spacial score (nSPS) is 10.9. The maximum absolute atomic E-state index is 11.1. The minimum absolute atomic E-state index is 0.0504. The number of nitrogens with two attached hydrogens (primary N) is 3. The van der Waals surface area contributed by atoms with E-state index >= 15 is 0 Å². The first-order valence-electron chi connectivity index (χ1n) is 16.2. The summed E-state index contributed by atoms with van der Waals surface area (Å²) < 4.78 is 44.3. The van der Waals surface area contributed by atoms with Gasteiger partial charge >= 0.3 is 0 Å².